The molecule has 0 spiro atoms. The van der Waals surface area contributed by atoms with Crippen molar-refractivity contribution in [2.75, 3.05) is 18.2 Å². The maximum atomic E-state index is 13.0. The molecule has 1 unspecified atom stereocenters. The Labute approximate surface area is 201 Å². The summed E-state index contributed by atoms with van der Waals surface area (Å²) >= 11 is 0. The maximum Gasteiger partial charge on any atom is 0.319 e. The van der Waals surface area contributed by atoms with E-state index in [-0.39, 0.29) is 29.6 Å². The Morgan fingerprint density at radius 2 is 2.06 bits per heavy atom. The number of benzene rings is 1. The van der Waals surface area contributed by atoms with Crippen LogP contribution in [0.3, 0.4) is 0 Å². The molecule has 0 saturated carbocycles. The number of fused-ring (bicyclic) bond motifs is 1. The number of hydrogen-bond acceptors (Lipinski definition) is 9. The molecule has 5 rings (SSSR count). The Morgan fingerprint density at radius 3 is 2.89 bits per heavy atom. The molecule has 2 aliphatic rings. The predicted octanol–water partition coefficient (Wildman–Crippen LogP) is 2.50. The molecule has 1 saturated heterocycles. The van der Waals surface area contributed by atoms with Crippen molar-refractivity contribution in [1.29, 1.82) is 0 Å². The van der Waals surface area contributed by atoms with Crippen molar-refractivity contribution in [2.24, 2.45) is 0 Å². The maximum absolute atomic E-state index is 13.0. The van der Waals surface area contributed by atoms with Crippen LogP contribution in [0.2, 0.25) is 0 Å². The lowest BCUT2D eigenvalue weighted by Gasteiger charge is -2.22. The van der Waals surface area contributed by atoms with Crippen LogP contribution >= 0.6 is 0 Å². The number of anilines is 1. The third kappa shape index (κ3) is 4.96. The van der Waals surface area contributed by atoms with E-state index in [2.05, 4.69) is 26.2 Å². The highest BCUT2D eigenvalue weighted by molar-refractivity contribution is 6.06. The number of rotatable bonds is 7. The molecule has 3 N–H and O–H groups in total. The fourth-order valence-electron chi connectivity index (χ4n) is 4.05. The number of aromatic nitrogens is 2. The molecule has 35 heavy (non-hydrogen) atoms. The van der Waals surface area contributed by atoms with Crippen LogP contribution in [-0.4, -0.2) is 41.0 Å². The minimum absolute atomic E-state index is 0.0510. The first-order valence-electron chi connectivity index (χ1n) is 11.5. The average molecular weight is 479 g/mol. The van der Waals surface area contributed by atoms with Gasteiger partial charge in [-0.2, -0.15) is 5.01 Å². The summed E-state index contributed by atoms with van der Waals surface area (Å²) in [6.07, 6.45) is 8.52. The highest BCUT2D eigenvalue weighted by Crippen LogP contribution is 2.25. The normalized spacial score (nSPS) is 17.1. The molecule has 0 aliphatic carbocycles. The summed E-state index contributed by atoms with van der Waals surface area (Å²) in [6, 6.07) is 7.17. The van der Waals surface area contributed by atoms with Crippen molar-refractivity contribution in [1.82, 2.24) is 26.2 Å². The fraction of sp³-hybridized carbons (Fsp3) is 0.333. The average Bonchev–Trinajstić information content (AvgIpc) is 3.58. The fourth-order valence-corrected chi connectivity index (χ4v) is 4.05. The summed E-state index contributed by atoms with van der Waals surface area (Å²) < 4.78 is 11.2. The second-order valence-corrected chi connectivity index (χ2v) is 8.30. The van der Waals surface area contributed by atoms with Gasteiger partial charge in [0.1, 0.15) is 5.76 Å². The van der Waals surface area contributed by atoms with Crippen LogP contribution in [0, 0.1) is 0 Å². The van der Waals surface area contributed by atoms with Gasteiger partial charge in [0.05, 0.1) is 18.4 Å². The molecule has 0 radical (unpaired) electrons. The summed E-state index contributed by atoms with van der Waals surface area (Å²) in [6.45, 7) is 3.19. The van der Waals surface area contributed by atoms with Gasteiger partial charge in [-0.15, -0.1) is 0 Å². The van der Waals surface area contributed by atoms with E-state index in [0.717, 1.165) is 23.6 Å². The molecule has 1 aromatic carbocycles. The van der Waals surface area contributed by atoms with E-state index in [1.807, 2.05) is 25.1 Å². The van der Waals surface area contributed by atoms with E-state index in [4.69, 9.17) is 14.0 Å². The van der Waals surface area contributed by atoms with Crippen LogP contribution in [0.4, 0.5) is 6.01 Å². The minimum atomic E-state index is -0.398. The smallest absolute Gasteiger partial charge is 0.319 e. The largest absolute Gasteiger partial charge is 0.425 e. The Bertz CT molecular complexity index is 1250. The number of carbonyl (C=O) groups excluding carboxylic acids is 2. The molecule has 182 valence electrons. The standard InChI is InChI=1S/C24H26N6O5/c1-2-19(28-22(31)18-5-3-4-15-12-25-9-6-17(15)18)20-13-26-24(34-20)30-14-21(35-29-30)23(32)27-16-7-10-33-11-8-16/h3-6,9,12-14,16,19,29H,2,7-8,10-11H2,1H3,(H,27,32)(H,28,31). The van der Waals surface area contributed by atoms with Gasteiger partial charge in [0.2, 0.25) is 5.76 Å². The molecule has 1 fully saturated rings. The van der Waals surface area contributed by atoms with Crippen LogP contribution in [0.1, 0.15) is 48.3 Å². The number of oxazole rings is 1. The second kappa shape index (κ2) is 10.1. The zero-order valence-electron chi connectivity index (χ0n) is 19.2. The monoisotopic (exact) mass is 478 g/mol. The van der Waals surface area contributed by atoms with E-state index in [9.17, 15) is 9.59 Å². The Kier molecular flexibility index (Phi) is 6.59. The molecule has 0 bridgehead atoms. The van der Waals surface area contributed by atoms with Crippen molar-refractivity contribution in [3.8, 4) is 0 Å². The third-order valence-electron chi connectivity index (χ3n) is 5.98. The van der Waals surface area contributed by atoms with E-state index < -0.39 is 6.04 Å². The van der Waals surface area contributed by atoms with Crippen LogP contribution in [0.25, 0.3) is 10.8 Å². The van der Waals surface area contributed by atoms with Gasteiger partial charge in [-0.05, 0) is 36.8 Å². The third-order valence-corrected chi connectivity index (χ3v) is 5.98. The van der Waals surface area contributed by atoms with Gasteiger partial charge in [-0.3, -0.25) is 14.6 Å². The molecular weight excluding hydrogens is 452 g/mol. The number of ether oxygens (including phenoxy) is 1. The summed E-state index contributed by atoms with van der Waals surface area (Å²) in [5.41, 5.74) is 3.16. The molecule has 2 aliphatic heterocycles. The zero-order chi connectivity index (χ0) is 24.2. The van der Waals surface area contributed by atoms with Gasteiger partial charge >= 0.3 is 6.01 Å². The topological polar surface area (TPSA) is 131 Å². The molecule has 1 atom stereocenters. The quantitative estimate of drug-likeness (QED) is 0.469. The van der Waals surface area contributed by atoms with Crippen molar-refractivity contribution < 1.29 is 23.6 Å². The SMILES string of the molecule is CCC(NC(=O)c1cccc2cnccc12)c1cnc(N2C=C(C(=O)NC3CCOCC3)ON2)o1. The second-order valence-electron chi connectivity index (χ2n) is 8.30. The molecule has 11 nitrogen and oxygen atoms in total. The van der Waals surface area contributed by atoms with Gasteiger partial charge in [-0.1, -0.05) is 24.6 Å². The van der Waals surface area contributed by atoms with Crippen LogP contribution in [-0.2, 0) is 14.4 Å². The van der Waals surface area contributed by atoms with Crippen molar-refractivity contribution in [3.05, 3.63) is 66.1 Å². The highest BCUT2D eigenvalue weighted by Gasteiger charge is 2.28. The van der Waals surface area contributed by atoms with Crippen molar-refractivity contribution >= 4 is 28.6 Å². The molecule has 3 aromatic rings. The summed E-state index contributed by atoms with van der Waals surface area (Å²) in [5, 5.41) is 9.03. The number of pyridine rings is 1. The van der Waals surface area contributed by atoms with Gasteiger partial charge in [0.25, 0.3) is 11.8 Å². The van der Waals surface area contributed by atoms with Crippen LogP contribution < -0.4 is 21.2 Å². The number of hydrazine groups is 1. The lowest BCUT2D eigenvalue weighted by molar-refractivity contribution is -0.122. The van der Waals surface area contributed by atoms with E-state index in [1.165, 1.54) is 11.2 Å². The van der Waals surface area contributed by atoms with E-state index in [0.29, 0.717) is 31.0 Å². The van der Waals surface area contributed by atoms with Crippen LogP contribution in [0.5, 0.6) is 0 Å². The van der Waals surface area contributed by atoms with E-state index in [1.54, 1.807) is 24.7 Å². The van der Waals surface area contributed by atoms with Gasteiger partial charge in [0, 0.05) is 42.6 Å². The minimum Gasteiger partial charge on any atom is -0.425 e. The molecule has 4 heterocycles. The van der Waals surface area contributed by atoms with Gasteiger partial charge < -0.3 is 24.6 Å². The molecule has 11 heteroatoms. The van der Waals surface area contributed by atoms with Gasteiger partial charge in [0.15, 0.2) is 0 Å². The van der Waals surface area contributed by atoms with E-state index >= 15 is 0 Å². The number of nitrogens with zero attached hydrogens (tertiary/aromatic N) is 3. The van der Waals surface area contributed by atoms with Gasteiger partial charge in [-0.25, -0.2) is 4.98 Å². The molecular formula is C24H26N6O5. The summed E-state index contributed by atoms with van der Waals surface area (Å²) in [4.78, 5) is 39.2. The molecule has 2 aromatic heterocycles. The first-order valence-corrected chi connectivity index (χ1v) is 11.5. The van der Waals surface area contributed by atoms with Crippen molar-refractivity contribution in [2.45, 2.75) is 38.3 Å². The predicted molar refractivity (Wildman–Crippen MR) is 126 cm³/mol. The first kappa shape index (κ1) is 22.8. The Morgan fingerprint density at radius 1 is 1.20 bits per heavy atom. The first-order chi connectivity index (χ1) is 17.1. The van der Waals surface area contributed by atoms with Crippen LogP contribution in [0.15, 0.2) is 59.2 Å². The number of amides is 2. The van der Waals surface area contributed by atoms with Crippen molar-refractivity contribution in [3.63, 3.8) is 0 Å². The number of hydrogen-bond donors (Lipinski definition) is 3. The summed E-state index contributed by atoms with van der Waals surface area (Å²) in [7, 11) is 0. The lowest BCUT2D eigenvalue weighted by atomic mass is 10.1. The Hall–Kier alpha value is -3.96. The number of nitrogens with one attached hydrogen (secondary N) is 3. The highest BCUT2D eigenvalue weighted by atomic mass is 16.7. The molecule has 2 amide bonds. The zero-order valence-corrected chi connectivity index (χ0v) is 19.2. The lowest BCUT2D eigenvalue weighted by Crippen LogP contribution is -2.39. The Balaban J connectivity index is 1.25. The summed E-state index contributed by atoms with van der Waals surface area (Å²) in [5.74, 6) is 0.0268. The number of carbonyl (C=O) groups is 2.